The third-order valence-electron chi connectivity index (χ3n) is 6.17. The monoisotopic (exact) mass is 608 g/mol. The number of carbonyl (C=O) groups is 1. The minimum Gasteiger partial charge on any atom is -0.495 e. The molecule has 0 saturated carbocycles. The Kier molecular flexibility index (Phi) is 8.57. The van der Waals surface area contributed by atoms with E-state index in [1.807, 2.05) is 57.2 Å². The fourth-order valence-electron chi connectivity index (χ4n) is 4.26. The maximum atomic E-state index is 13.6. The van der Waals surface area contributed by atoms with Crippen LogP contribution in [0.25, 0.3) is 5.69 Å². The van der Waals surface area contributed by atoms with Crippen molar-refractivity contribution in [2.24, 2.45) is 5.10 Å². The molecule has 202 valence electrons. The predicted molar refractivity (Wildman–Crippen MR) is 157 cm³/mol. The lowest BCUT2D eigenvalue weighted by Gasteiger charge is -2.25. The second-order valence-electron chi connectivity index (χ2n) is 8.93. The Bertz CT molecular complexity index is 1620. The second kappa shape index (κ2) is 11.9. The molecule has 0 aliphatic rings. The third kappa shape index (κ3) is 6.23. The van der Waals surface area contributed by atoms with Gasteiger partial charge in [0.05, 0.1) is 23.9 Å². The topological polar surface area (TPSA) is 93.0 Å². The molecule has 3 aromatic carbocycles. The van der Waals surface area contributed by atoms with Gasteiger partial charge in [-0.1, -0.05) is 40.2 Å². The molecule has 10 heteroatoms. The molecule has 1 N–H and O–H groups in total. The molecular formula is C29H29BrN4O4S. The molecule has 1 amide bonds. The van der Waals surface area contributed by atoms with Crippen molar-refractivity contribution in [3.05, 3.63) is 106 Å². The molecular weight excluding hydrogens is 580 g/mol. The smallest absolute Gasteiger partial charge is 0.264 e. The Morgan fingerprint density at radius 2 is 1.72 bits per heavy atom. The van der Waals surface area contributed by atoms with Crippen molar-refractivity contribution in [2.75, 3.05) is 18.0 Å². The van der Waals surface area contributed by atoms with Gasteiger partial charge >= 0.3 is 0 Å². The number of methoxy groups -OCH3 is 1. The van der Waals surface area contributed by atoms with Gasteiger partial charge in [0.1, 0.15) is 12.3 Å². The highest BCUT2D eigenvalue weighted by Crippen LogP contribution is 2.33. The van der Waals surface area contributed by atoms with Crippen molar-refractivity contribution in [3.8, 4) is 11.4 Å². The summed E-state index contributed by atoms with van der Waals surface area (Å²) in [5.74, 6) is -0.271. The van der Waals surface area contributed by atoms with Gasteiger partial charge in [-0.25, -0.2) is 13.8 Å². The lowest BCUT2D eigenvalue weighted by molar-refractivity contribution is -0.119. The highest BCUT2D eigenvalue weighted by molar-refractivity contribution is 9.10. The lowest BCUT2D eigenvalue weighted by atomic mass is 10.2. The molecule has 0 bridgehead atoms. The van der Waals surface area contributed by atoms with E-state index in [0.29, 0.717) is 5.75 Å². The number of hydrogen-bond acceptors (Lipinski definition) is 5. The normalized spacial score (nSPS) is 11.5. The molecule has 0 atom stereocenters. The van der Waals surface area contributed by atoms with Gasteiger partial charge in [-0.15, -0.1) is 0 Å². The molecule has 0 aliphatic carbocycles. The molecule has 8 nitrogen and oxygen atoms in total. The number of carbonyl (C=O) groups excluding carboxylic acids is 1. The molecule has 39 heavy (non-hydrogen) atoms. The first-order chi connectivity index (χ1) is 18.6. The Hall–Kier alpha value is -3.89. The van der Waals surface area contributed by atoms with Gasteiger partial charge < -0.3 is 9.30 Å². The van der Waals surface area contributed by atoms with Gasteiger partial charge in [0.25, 0.3) is 15.9 Å². The van der Waals surface area contributed by atoms with E-state index < -0.39 is 22.5 Å². The van der Waals surface area contributed by atoms with Crippen LogP contribution in [0.15, 0.2) is 93.3 Å². The van der Waals surface area contributed by atoms with Crippen LogP contribution < -0.4 is 14.5 Å². The van der Waals surface area contributed by atoms with E-state index in [4.69, 9.17) is 4.74 Å². The number of hydrazone groups is 1. The fourth-order valence-corrected chi connectivity index (χ4v) is 5.97. The zero-order valence-electron chi connectivity index (χ0n) is 22.1. The first-order valence-corrected chi connectivity index (χ1v) is 14.3. The van der Waals surface area contributed by atoms with Crippen LogP contribution in [0.1, 0.15) is 22.5 Å². The first-order valence-electron chi connectivity index (χ1n) is 12.1. The van der Waals surface area contributed by atoms with Crippen LogP contribution in [0.2, 0.25) is 0 Å². The summed E-state index contributed by atoms with van der Waals surface area (Å²) in [6, 6.07) is 23.1. The Morgan fingerprint density at radius 3 is 2.38 bits per heavy atom. The first kappa shape index (κ1) is 28.1. The number of hydrogen-bond donors (Lipinski definition) is 1. The number of halogens is 1. The summed E-state index contributed by atoms with van der Waals surface area (Å²) >= 11 is 3.46. The van der Waals surface area contributed by atoms with Crippen LogP contribution in [-0.4, -0.2) is 38.8 Å². The number of anilines is 1. The van der Waals surface area contributed by atoms with Gasteiger partial charge in [0, 0.05) is 27.1 Å². The van der Waals surface area contributed by atoms with E-state index in [0.717, 1.165) is 37.0 Å². The SMILES string of the molecule is COc1ccc(C)cc1N(CC(=O)N/N=C/c1cc(C)n(-c2ccc(Br)cc2)c1C)S(=O)(=O)c1ccccc1. The third-order valence-corrected chi connectivity index (χ3v) is 8.47. The van der Waals surface area contributed by atoms with Gasteiger partial charge in [0.15, 0.2) is 0 Å². The van der Waals surface area contributed by atoms with E-state index in [1.165, 1.54) is 19.2 Å². The molecule has 1 aromatic heterocycles. The molecule has 4 rings (SSSR count). The van der Waals surface area contributed by atoms with Crippen molar-refractivity contribution in [2.45, 2.75) is 25.7 Å². The van der Waals surface area contributed by atoms with Crippen molar-refractivity contribution < 1.29 is 17.9 Å². The van der Waals surface area contributed by atoms with E-state index in [1.54, 1.807) is 36.5 Å². The molecule has 0 radical (unpaired) electrons. The summed E-state index contributed by atoms with van der Waals surface area (Å²) in [6.07, 6.45) is 1.55. The van der Waals surface area contributed by atoms with Crippen molar-refractivity contribution >= 4 is 43.8 Å². The highest BCUT2D eigenvalue weighted by Gasteiger charge is 2.29. The number of ether oxygens (including phenoxy) is 1. The molecule has 1 heterocycles. The van der Waals surface area contributed by atoms with Crippen LogP contribution in [0, 0.1) is 20.8 Å². The largest absolute Gasteiger partial charge is 0.495 e. The van der Waals surface area contributed by atoms with E-state index in [2.05, 4.69) is 31.0 Å². The Labute approximate surface area is 237 Å². The van der Waals surface area contributed by atoms with Crippen molar-refractivity contribution in [3.63, 3.8) is 0 Å². The number of rotatable bonds is 9. The van der Waals surface area contributed by atoms with Gasteiger partial charge in [-0.3, -0.25) is 9.10 Å². The zero-order chi connectivity index (χ0) is 28.2. The van der Waals surface area contributed by atoms with Crippen LogP contribution in [0.4, 0.5) is 5.69 Å². The van der Waals surface area contributed by atoms with Crippen molar-refractivity contribution in [1.29, 1.82) is 0 Å². The summed E-state index contributed by atoms with van der Waals surface area (Å²) in [5, 5.41) is 4.13. The number of aryl methyl sites for hydroxylation is 2. The molecule has 0 saturated heterocycles. The summed E-state index contributed by atoms with van der Waals surface area (Å²) in [6.45, 7) is 5.31. The molecule has 0 fully saturated rings. The minimum atomic E-state index is -4.08. The molecule has 0 unspecified atom stereocenters. The summed E-state index contributed by atoms with van der Waals surface area (Å²) in [4.78, 5) is 13.1. The summed E-state index contributed by atoms with van der Waals surface area (Å²) in [5.41, 5.74) is 7.35. The molecule has 0 spiro atoms. The molecule has 0 aliphatic heterocycles. The number of nitrogens with zero attached hydrogens (tertiary/aromatic N) is 3. The van der Waals surface area contributed by atoms with E-state index >= 15 is 0 Å². The van der Waals surface area contributed by atoms with Crippen molar-refractivity contribution in [1.82, 2.24) is 9.99 Å². The predicted octanol–water partition coefficient (Wildman–Crippen LogP) is 5.52. The average Bonchev–Trinajstić information content (AvgIpc) is 3.20. The standard InChI is InChI=1S/C29H29BrN4O4S/c1-20-10-15-28(38-4)27(16-20)33(39(36,37)26-8-6-5-7-9-26)19-29(35)32-31-18-23-17-21(2)34(22(23)3)25-13-11-24(30)12-14-25/h5-18H,19H2,1-4H3,(H,32,35)/b31-18+. The summed E-state index contributed by atoms with van der Waals surface area (Å²) < 4.78 is 36.8. The van der Waals surface area contributed by atoms with E-state index in [9.17, 15) is 13.2 Å². The van der Waals surface area contributed by atoms with Crippen LogP contribution >= 0.6 is 15.9 Å². The maximum absolute atomic E-state index is 13.6. The number of aromatic nitrogens is 1. The number of benzene rings is 3. The quantitative estimate of drug-likeness (QED) is 0.200. The number of sulfonamides is 1. The Balaban J connectivity index is 1.59. The number of nitrogens with one attached hydrogen (secondary N) is 1. The molecule has 4 aromatic rings. The second-order valence-corrected chi connectivity index (χ2v) is 11.7. The average molecular weight is 610 g/mol. The van der Waals surface area contributed by atoms with Crippen LogP contribution in [0.3, 0.4) is 0 Å². The maximum Gasteiger partial charge on any atom is 0.264 e. The van der Waals surface area contributed by atoms with Crippen LogP contribution in [-0.2, 0) is 14.8 Å². The zero-order valence-corrected chi connectivity index (χ0v) is 24.5. The Morgan fingerprint density at radius 1 is 1.03 bits per heavy atom. The fraction of sp³-hybridized carbons (Fsp3) is 0.172. The van der Waals surface area contributed by atoms with Gasteiger partial charge in [-0.05, 0) is 80.9 Å². The van der Waals surface area contributed by atoms with Gasteiger partial charge in [0.2, 0.25) is 0 Å². The minimum absolute atomic E-state index is 0.0604. The van der Waals surface area contributed by atoms with Crippen LogP contribution in [0.5, 0.6) is 5.75 Å². The van der Waals surface area contributed by atoms with E-state index in [-0.39, 0.29) is 10.6 Å². The lowest BCUT2D eigenvalue weighted by Crippen LogP contribution is -2.39. The van der Waals surface area contributed by atoms with Gasteiger partial charge in [-0.2, -0.15) is 5.10 Å². The summed E-state index contributed by atoms with van der Waals surface area (Å²) in [7, 11) is -2.63. The number of amides is 1. The highest BCUT2D eigenvalue weighted by atomic mass is 79.9.